The van der Waals surface area contributed by atoms with Gasteiger partial charge in [-0.15, -0.1) is 0 Å². The number of benzene rings is 1. The topological polar surface area (TPSA) is 27.7 Å². The summed E-state index contributed by atoms with van der Waals surface area (Å²) in [5.74, 6) is 0.809. The normalized spacial score (nSPS) is 9.93. The molecule has 0 atom stereocenters. The van der Waals surface area contributed by atoms with Crippen LogP contribution >= 0.6 is 0 Å². The van der Waals surface area contributed by atoms with Gasteiger partial charge in [-0.25, -0.2) is 0 Å². The van der Waals surface area contributed by atoms with Gasteiger partial charge in [0.2, 0.25) is 0 Å². The summed E-state index contributed by atoms with van der Waals surface area (Å²) in [6.45, 7) is 2.08. The van der Waals surface area contributed by atoms with Crippen molar-refractivity contribution >= 4 is 7.32 Å². The van der Waals surface area contributed by atoms with Crippen LogP contribution in [0.3, 0.4) is 0 Å². The van der Waals surface area contributed by atoms with Crippen LogP contribution in [0.1, 0.15) is 12.5 Å². The summed E-state index contributed by atoms with van der Waals surface area (Å²) >= 11 is 0. The maximum absolute atomic E-state index is 5.49. The lowest BCUT2D eigenvalue weighted by molar-refractivity contribution is 0.201. The molecule has 0 unspecified atom stereocenters. The minimum atomic E-state index is -0.636. The zero-order valence-corrected chi connectivity index (χ0v) is 8.82. The van der Waals surface area contributed by atoms with Gasteiger partial charge in [-0.3, -0.25) is 0 Å². The molecule has 0 heterocycles. The molecule has 0 amide bonds. The van der Waals surface area contributed by atoms with Gasteiger partial charge in [0.25, 0.3) is 0 Å². The van der Waals surface area contributed by atoms with E-state index in [2.05, 4.69) is 6.92 Å². The van der Waals surface area contributed by atoms with E-state index in [0.29, 0.717) is 0 Å². The van der Waals surface area contributed by atoms with E-state index in [1.807, 2.05) is 24.3 Å². The first kappa shape index (κ1) is 11.1. The van der Waals surface area contributed by atoms with Crippen molar-refractivity contribution in [3.63, 3.8) is 0 Å². The Morgan fingerprint density at radius 2 is 1.79 bits per heavy atom. The highest BCUT2D eigenvalue weighted by molar-refractivity contribution is 6.37. The van der Waals surface area contributed by atoms with Gasteiger partial charge < -0.3 is 14.0 Å². The first-order chi connectivity index (χ1) is 6.81. The van der Waals surface area contributed by atoms with Gasteiger partial charge in [0.15, 0.2) is 0 Å². The number of aryl methyl sites for hydroxylation is 1. The van der Waals surface area contributed by atoms with Crippen LogP contribution in [0.4, 0.5) is 0 Å². The molecule has 3 nitrogen and oxygen atoms in total. The molecule has 0 spiro atoms. The van der Waals surface area contributed by atoms with Crippen LogP contribution < -0.4 is 4.65 Å². The molecule has 1 aromatic carbocycles. The average molecular weight is 194 g/mol. The van der Waals surface area contributed by atoms with E-state index in [0.717, 1.165) is 17.7 Å². The fraction of sp³-hybridized carbons (Fsp3) is 0.400. The molecule has 0 bridgehead atoms. The van der Waals surface area contributed by atoms with E-state index in [4.69, 9.17) is 14.0 Å². The van der Waals surface area contributed by atoms with Gasteiger partial charge in [0.1, 0.15) is 5.75 Å². The molecule has 0 aliphatic carbocycles. The highest BCUT2D eigenvalue weighted by Crippen LogP contribution is 2.18. The fourth-order valence-corrected chi connectivity index (χ4v) is 1.21. The van der Waals surface area contributed by atoms with Crippen molar-refractivity contribution in [2.45, 2.75) is 13.3 Å². The third-order valence-electron chi connectivity index (χ3n) is 1.96. The molecule has 0 N–H and O–H groups in total. The van der Waals surface area contributed by atoms with Crippen molar-refractivity contribution in [2.24, 2.45) is 0 Å². The van der Waals surface area contributed by atoms with Gasteiger partial charge >= 0.3 is 7.32 Å². The maximum atomic E-state index is 5.49. The van der Waals surface area contributed by atoms with Crippen LogP contribution in [0.5, 0.6) is 5.75 Å². The molecule has 0 aliphatic heterocycles. The van der Waals surface area contributed by atoms with Crippen molar-refractivity contribution < 1.29 is 14.0 Å². The summed E-state index contributed by atoms with van der Waals surface area (Å²) < 4.78 is 15.4. The molecule has 76 valence electrons. The highest BCUT2D eigenvalue weighted by atomic mass is 16.7. The number of hydrogen-bond donors (Lipinski definition) is 0. The van der Waals surface area contributed by atoms with E-state index >= 15 is 0 Å². The number of hydrogen-bond acceptors (Lipinski definition) is 3. The van der Waals surface area contributed by atoms with E-state index < -0.39 is 7.32 Å². The number of para-hydroxylation sites is 1. The van der Waals surface area contributed by atoms with Crippen LogP contribution in [-0.2, 0) is 15.7 Å². The second kappa shape index (κ2) is 5.68. The second-order valence-electron chi connectivity index (χ2n) is 2.84. The molecular formula is C10H15BO3. The largest absolute Gasteiger partial charge is 0.712 e. The third-order valence-corrected chi connectivity index (χ3v) is 1.96. The van der Waals surface area contributed by atoms with Crippen molar-refractivity contribution in [3.8, 4) is 5.75 Å². The summed E-state index contributed by atoms with van der Waals surface area (Å²) in [5.41, 5.74) is 1.14. The Morgan fingerprint density at radius 3 is 2.36 bits per heavy atom. The van der Waals surface area contributed by atoms with E-state index in [1.165, 1.54) is 0 Å². The van der Waals surface area contributed by atoms with Crippen LogP contribution in [0.25, 0.3) is 0 Å². The summed E-state index contributed by atoms with van der Waals surface area (Å²) in [7, 11) is 2.45. The first-order valence-electron chi connectivity index (χ1n) is 4.62. The molecular weight excluding hydrogens is 179 g/mol. The average Bonchev–Trinajstić information content (AvgIpc) is 2.26. The lowest BCUT2D eigenvalue weighted by Gasteiger charge is -2.13. The molecule has 0 aromatic heterocycles. The Morgan fingerprint density at radius 1 is 1.14 bits per heavy atom. The van der Waals surface area contributed by atoms with Crippen LogP contribution in [-0.4, -0.2) is 21.5 Å². The minimum Gasteiger partial charge on any atom is -0.512 e. The molecule has 14 heavy (non-hydrogen) atoms. The summed E-state index contributed by atoms with van der Waals surface area (Å²) in [6, 6.07) is 7.85. The molecule has 1 aromatic rings. The highest BCUT2D eigenvalue weighted by Gasteiger charge is 2.20. The monoisotopic (exact) mass is 194 g/mol. The fourth-order valence-electron chi connectivity index (χ4n) is 1.21. The maximum Gasteiger partial charge on any atom is 0.712 e. The zero-order valence-electron chi connectivity index (χ0n) is 8.82. The summed E-state index contributed by atoms with van der Waals surface area (Å²) in [6.07, 6.45) is 0.927. The Hall–Kier alpha value is -0.995. The Labute approximate surface area is 85.2 Å². The molecule has 0 fully saturated rings. The molecule has 1 rings (SSSR count). The van der Waals surface area contributed by atoms with E-state index in [9.17, 15) is 0 Å². The molecule has 0 aliphatic rings. The van der Waals surface area contributed by atoms with Crippen molar-refractivity contribution in [1.82, 2.24) is 0 Å². The van der Waals surface area contributed by atoms with Gasteiger partial charge in [0.05, 0.1) is 0 Å². The standard InChI is InChI=1S/C10H15BO3/c1-4-9-7-5-6-8-10(9)14-11(12-2)13-3/h5-8H,4H2,1-3H3. The van der Waals surface area contributed by atoms with Crippen molar-refractivity contribution in [1.29, 1.82) is 0 Å². The second-order valence-corrected chi connectivity index (χ2v) is 2.84. The van der Waals surface area contributed by atoms with E-state index in [-0.39, 0.29) is 0 Å². The smallest absolute Gasteiger partial charge is 0.512 e. The minimum absolute atomic E-state index is 0.636. The zero-order chi connectivity index (χ0) is 10.4. The Kier molecular flexibility index (Phi) is 4.49. The molecule has 0 radical (unpaired) electrons. The van der Waals surface area contributed by atoms with Gasteiger partial charge in [-0.05, 0) is 18.1 Å². The van der Waals surface area contributed by atoms with Gasteiger partial charge in [-0.2, -0.15) is 0 Å². The van der Waals surface area contributed by atoms with Crippen LogP contribution in [0.15, 0.2) is 24.3 Å². The Balaban J connectivity index is 2.74. The summed E-state index contributed by atoms with van der Waals surface area (Å²) in [5, 5.41) is 0. The first-order valence-corrected chi connectivity index (χ1v) is 4.62. The van der Waals surface area contributed by atoms with Crippen LogP contribution in [0, 0.1) is 0 Å². The summed E-state index contributed by atoms with van der Waals surface area (Å²) in [4.78, 5) is 0. The van der Waals surface area contributed by atoms with E-state index in [1.54, 1.807) is 14.2 Å². The Bertz CT molecular complexity index is 274. The molecule has 4 heteroatoms. The predicted molar refractivity (Wildman–Crippen MR) is 56.2 cm³/mol. The lowest BCUT2D eigenvalue weighted by Crippen LogP contribution is -2.27. The quantitative estimate of drug-likeness (QED) is 0.670. The van der Waals surface area contributed by atoms with Gasteiger partial charge in [-0.1, -0.05) is 25.1 Å². The third kappa shape index (κ3) is 2.75. The number of rotatable bonds is 5. The predicted octanol–water partition coefficient (Wildman–Crippen LogP) is 1.91. The lowest BCUT2D eigenvalue weighted by atomic mass is 10.1. The van der Waals surface area contributed by atoms with Crippen molar-refractivity contribution in [3.05, 3.63) is 29.8 Å². The van der Waals surface area contributed by atoms with Gasteiger partial charge in [0, 0.05) is 14.2 Å². The molecule has 0 saturated carbocycles. The molecule has 0 saturated heterocycles. The van der Waals surface area contributed by atoms with Crippen LogP contribution in [0.2, 0.25) is 0 Å². The SMILES string of the molecule is CCc1ccccc1OB(OC)OC. The van der Waals surface area contributed by atoms with Crippen molar-refractivity contribution in [2.75, 3.05) is 14.2 Å².